The molecule has 1 saturated heterocycles. The van der Waals surface area contributed by atoms with E-state index >= 15 is 0 Å². The molecule has 0 bridgehead atoms. The maximum atomic E-state index is 10.7. The summed E-state index contributed by atoms with van der Waals surface area (Å²) in [5, 5.41) is 10.7. The summed E-state index contributed by atoms with van der Waals surface area (Å²) >= 11 is 0. The SMILES string of the molecule is CCC1CCCN(CC(C)(O)c2ccccc2)C1. The second kappa shape index (κ2) is 5.85. The summed E-state index contributed by atoms with van der Waals surface area (Å²) in [5.41, 5.74) is 0.278. The lowest BCUT2D eigenvalue weighted by atomic mass is 9.91. The van der Waals surface area contributed by atoms with Crippen LogP contribution in [0.5, 0.6) is 0 Å². The van der Waals surface area contributed by atoms with Crippen LogP contribution < -0.4 is 0 Å². The highest BCUT2D eigenvalue weighted by Gasteiger charge is 2.28. The highest BCUT2D eigenvalue weighted by molar-refractivity contribution is 5.21. The molecule has 18 heavy (non-hydrogen) atoms. The van der Waals surface area contributed by atoms with Gasteiger partial charge in [0.25, 0.3) is 0 Å². The Bertz CT molecular complexity index is 361. The molecule has 0 aliphatic carbocycles. The first kappa shape index (κ1) is 13.6. The highest BCUT2D eigenvalue weighted by Crippen LogP contribution is 2.25. The van der Waals surface area contributed by atoms with Crippen molar-refractivity contribution in [3.05, 3.63) is 35.9 Å². The van der Waals surface area contributed by atoms with E-state index in [4.69, 9.17) is 0 Å². The Morgan fingerprint density at radius 3 is 2.72 bits per heavy atom. The maximum absolute atomic E-state index is 10.7. The second-order valence-electron chi connectivity index (χ2n) is 5.79. The van der Waals surface area contributed by atoms with Crippen LogP contribution in [0.2, 0.25) is 0 Å². The van der Waals surface area contributed by atoms with E-state index in [1.54, 1.807) is 0 Å². The van der Waals surface area contributed by atoms with Gasteiger partial charge in [-0.2, -0.15) is 0 Å². The number of benzene rings is 1. The first-order valence-electron chi connectivity index (χ1n) is 7.12. The van der Waals surface area contributed by atoms with E-state index in [2.05, 4.69) is 11.8 Å². The number of piperidine rings is 1. The Hall–Kier alpha value is -0.860. The standard InChI is InChI=1S/C16H25NO/c1-3-14-8-7-11-17(12-14)13-16(2,18)15-9-5-4-6-10-15/h4-6,9-10,14,18H,3,7-8,11-13H2,1-2H3. The topological polar surface area (TPSA) is 23.5 Å². The van der Waals surface area contributed by atoms with Crippen LogP contribution in [0.4, 0.5) is 0 Å². The Kier molecular flexibility index (Phi) is 4.41. The molecule has 1 aromatic rings. The summed E-state index contributed by atoms with van der Waals surface area (Å²) < 4.78 is 0. The number of nitrogens with zero attached hydrogens (tertiary/aromatic N) is 1. The van der Waals surface area contributed by atoms with Gasteiger partial charge in [0.1, 0.15) is 0 Å². The minimum Gasteiger partial charge on any atom is -0.384 e. The molecule has 2 rings (SSSR count). The van der Waals surface area contributed by atoms with Gasteiger partial charge in [0.15, 0.2) is 0 Å². The molecule has 0 amide bonds. The van der Waals surface area contributed by atoms with Crippen molar-refractivity contribution < 1.29 is 5.11 Å². The van der Waals surface area contributed by atoms with Gasteiger partial charge in [0, 0.05) is 13.1 Å². The van der Waals surface area contributed by atoms with Crippen molar-refractivity contribution in [3.8, 4) is 0 Å². The van der Waals surface area contributed by atoms with E-state index < -0.39 is 5.60 Å². The Balaban J connectivity index is 1.99. The van der Waals surface area contributed by atoms with Gasteiger partial charge in [0.05, 0.1) is 5.60 Å². The lowest BCUT2D eigenvalue weighted by Crippen LogP contribution is -2.43. The molecule has 1 aromatic carbocycles. The summed E-state index contributed by atoms with van der Waals surface area (Å²) in [6, 6.07) is 10.0. The zero-order valence-corrected chi connectivity index (χ0v) is 11.6. The van der Waals surface area contributed by atoms with Crippen LogP contribution in [0.25, 0.3) is 0 Å². The molecule has 100 valence electrons. The van der Waals surface area contributed by atoms with Crippen molar-refractivity contribution in [3.63, 3.8) is 0 Å². The highest BCUT2D eigenvalue weighted by atomic mass is 16.3. The molecule has 1 N–H and O–H groups in total. The lowest BCUT2D eigenvalue weighted by Gasteiger charge is -2.37. The fourth-order valence-electron chi connectivity index (χ4n) is 2.95. The summed E-state index contributed by atoms with van der Waals surface area (Å²) in [6.07, 6.45) is 3.87. The lowest BCUT2D eigenvalue weighted by molar-refractivity contribution is 0.00295. The fourth-order valence-corrected chi connectivity index (χ4v) is 2.95. The third-order valence-electron chi connectivity index (χ3n) is 4.11. The van der Waals surface area contributed by atoms with E-state index in [1.165, 1.54) is 19.3 Å². The van der Waals surface area contributed by atoms with E-state index in [-0.39, 0.29) is 0 Å². The molecule has 2 atom stereocenters. The van der Waals surface area contributed by atoms with Gasteiger partial charge in [-0.3, -0.25) is 4.90 Å². The van der Waals surface area contributed by atoms with E-state index in [9.17, 15) is 5.11 Å². The van der Waals surface area contributed by atoms with Gasteiger partial charge in [-0.1, -0.05) is 43.7 Å². The predicted molar refractivity (Wildman–Crippen MR) is 75.5 cm³/mol. The van der Waals surface area contributed by atoms with Crippen molar-refractivity contribution in [2.45, 2.75) is 38.7 Å². The van der Waals surface area contributed by atoms with Crippen LogP contribution in [0.15, 0.2) is 30.3 Å². The molecule has 2 heteroatoms. The van der Waals surface area contributed by atoms with Gasteiger partial charge >= 0.3 is 0 Å². The Morgan fingerprint density at radius 1 is 1.33 bits per heavy atom. The molecule has 1 aliphatic rings. The molecule has 0 radical (unpaired) electrons. The van der Waals surface area contributed by atoms with E-state index in [0.717, 1.165) is 31.1 Å². The molecular formula is C16H25NO. The molecule has 1 heterocycles. The van der Waals surface area contributed by atoms with Gasteiger partial charge in [-0.15, -0.1) is 0 Å². The minimum absolute atomic E-state index is 0.739. The Morgan fingerprint density at radius 2 is 2.06 bits per heavy atom. The van der Waals surface area contributed by atoms with E-state index in [1.807, 2.05) is 37.3 Å². The van der Waals surface area contributed by atoms with Crippen LogP contribution in [-0.4, -0.2) is 29.6 Å². The summed E-state index contributed by atoms with van der Waals surface area (Å²) in [4.78, 5) is 2.42. The predicted octanol–water partition coefficient (Wildman–Crippen LogP) is 3.02. The largest absolute Gasteiger partial charge is 0.384 e. The van der Waals surface area contributed by atoms with Crippen LogP contribution in [0, 0.1) is 5.92 Å². The van der Waals surface area contributed by atoms with Gasteiger partial charge < -0.3 is 5.11 Å². The zero-order valence-electron chi connectivity index (χ0n) is 11.6. The van der Waals surface area contributed by atoms with Crippen molar-refractivity contribution in [2.24, 2.45) is 5.92 Å². The third-order valence-corrected chi connectivity index (χ3v) is 4.11. The first-order valence-corrected chi connectivity index (χ1v) is 7.12. The quantitative estimate of drug-likeness (QED) is 0.884. The summed E-state index contributed by atoms with van der Waals surface area (Å²) in [6.45, 7) is 7.20. The van der Waals surface area contributed by atoms with Crippen molar-refractivity contribution in [1.82, 2.24) is 4.90 Å². The molecule has 1 aliphatic heterocycles. The van der Waals surface area contributed by atoms with Crippen molar-refractivity contribution in [2.75, 3.05) is 19.6 Å². The summed E-state index contributed by atoms with van der Waals surface area (Å²) in [7, 11) is 0. The molecular weight excluding hydrogens is 222 g/mol. The zero-order chi connectivity index (χ0) is 13.0. The minimum atomic E-state index is -0.739. The smallest absolute Gasteiger partial charge is 0.0994 e. The van der Waals surface area contributed by atoms with Crippen LogP contribution in [0.1, 0.15) is 38.7 Å². The third kappa shape index (κ3) is 3.33. The summed E-state index contributed by atoms with van der Waals surface area (Å²) in [5.74, 6) is 0.810. The first-order chi connectivity index (χ1) is 8.62. The second-order valence-corrected chi connectivity index (χ2v) is 5.79. The number of aliphatic hydroxyl groups is 1. The van der Waals surface area contributed by atoms with E-state index in [0.29, 0.717) is 0 Å². The maximum Gasteiger partial charge on any atom is 0.0994 e. The number of hydrogen-bond donors (Lipinski definition) is 1. The van der Waals surface area contributed by atoms with Gasteiger partial charge in [-0.25, -0.2) is 0 Å². The number of hydrogen-bond acceptors (Lipinski definition) is 2. The van der Waals surface area contributed by atoms with Crippen LogP contribution in [0.3, 0.4) is 0 Å². The molecule has 1 fully saturated rings. The molecule has 2 nitrogen and oxygen atoms in total. The molecule has 0 spiro atoms. The number of likely N-dealkylation sites (tertiary alicyclic amines) is 1. The Labute approximate surface area is 111 Å². The van der Waals surface area contributed by atoms with Crippen molar-refractivity contribution >= 4 is 0 Å². The van der Waals surface area contributed by atoms with Gasteiger partial charge in [-0.05, 0) is 37.8 Å². The fraction of sp³-hybridized carbons (Fsp3) is 0.625. The monoisotopic (exact) mass is 247 g/mol. The molecule has 2 unspecified atom stereocenters. The normalized spacial score (nSPS) is 24.7. The number of rotatable bonds is 4. The average Bonchev–Trinajstić information content (AvgIpc) is 2.39. The van der Waals surface area contributed by atoms with Gasteiger partial charge in [0.2, 0.25) is 0 Å². The average molecular weight is 247 g/mol. The van der Waals surface area contributed by atoms with Crippen LogP contribution >= 0.6 is 0 Å². The van der Waals surface area contributed by atoms with Crippen LogP contribution in [-0.2, 0) is 5.60 Å². The molecule has 0 aromatic heterocycles. The number of β-amino-alcohol motifs (C(OH)–C–C–N with tert-alkyl or cyclic N) is 1. The van der Waals surface area contributed by atoms with Crippen molar-refractivity contribution in [1.29, 1.82) is 0 Å². The molecule has 0 saturated carbocycles.